The van der Waals surface area contributed by atoms with Crippen LogP contribution < -0.4 is 10.6 Å². The predicted molar refractivity (Wildman–Crippen MR) is 105 cm³/mol. The van der Waals surface area contributed by atoms with Crippen molar-refractivity contribution < 1.29 is 9.53 Å². The smallest absolute Gasteiger partial charge is 0.315 e. The zero-order valence-electron chi connectivity index (χ0n) is 15.2. The van der Waals surface area contributed by atoms with Crippen LogP contribution in [0.1, 0.15) is 34.9 Å². The Bertz CT molecular complexity index is 684. The lowest BCUT2D eigenvalue weighted by molar-refractivity contribution is 0.184. The SMILES string of the molecule is COCc1ccccc1CNC(=O)NC[C@H](c1cccs1)N1CCCC1. The monoisotopic (exact) mass is 373 g/mol. The van der Waals surface area contributed by atoms with E-state index in [2.05, 4.69) is 33.0 Å². The molecule has 1 fully saturated rings. The first-order valence-electron chi connectivity index (χ1n) is 9.13. The molecule has 1 aliphatic heterocycles. The number of carbonyl (C=O) groups is 1. The van der Waals surface area contributed by atoms with E-state index in [1.165, 1.54) is 17.7 Å². The van der Waals surface area contributed by atoms with E-state index in [4.69, 9.17) is 4.74 Å². The molecule has 140 valence electrons. The highest BCUT2D eigenvalue weighted by Gasteiger charge is 2.24. The van der Waals surface area contributed by atoms with E-state index in [0.29, 0.717) is 19.7 Å². The summed E-state index contributed by atoms with van der Waals surface area (Å²) in [5, 5.41) is 8.12. The maximum Gasteiger partial charge on any atom is 0.315 e. The Labute approximate surface area is 159 Å². The molecule has 3 rings (SSSR count). The Morgan fingerprint density at radius 2 is 1.92 bits per heavy atom. The number of methoxy groups -OCH3 is 1. The van der Waals surface area contributed by atoms with Crippen LogP contribution in [0.25, 0.3) is 0 Å². The van der Waals surface area contributed by atoms with Crippen LogP contribution in [0.5, 0.6) is 0 Å². The topological polar surface area (TPSA) is 53.6 Å². The van der Waals surface area contributed by atoms with Gasteiger partial charge >= 0.3 is 6.03 Å². The van der Waals surface area contributed by atoms with Gasteiger partial charge in [0.05, 0.1) is 12.6 Å². The number of nitrogens with zero attached hydrogens (tertiary/aromatic N) is 1. The lowest BCUT2D eigenvalue weighted by Gasteiger charge is -2.27. The van der Waals surface area contributed by atoms with Gasteiger partial charge in [0.15, 0.2) is 0 Å². The quantitative estimate of drug-likeness (QED) is 0.744. The molecule has 1 atom stereocenters. The van der Waals surface area contributed by atoms with Crippen LogP contribution in [0.15, 0.2) is 41.8 Å². The number of thiophene rings is 1. The van der Waals surface area contributed by atoms with E-state index in [1.54, 1.807) is 18.4 Å². The molecular weight excluding hydrogens is 346 g/mol. The van der Waals surface area contributed by atoms with Gasteiger partial charge in [-0.15, -0.1) is 11.3 Å². The van der Waals surface area contributed by atoms with Crippen LogP contribution in [0.2, 0.25) is 0 Å². The normalized spacial score (nSPS) is 15.7. The molecule has 0 spiro atoms. The number of amides is 2. The first-order chi connectivity index (χ1) is 12.8. The highest BCUT2D eigenvalue weighted by Crippen LogP contribution is 2.27. The molecule has 2 amide bonds. The molecule has 0 unspecified atom stereocenters. The highest BCUT2D eigenvalue weighted by molar-refractivity contribution is 7.10. The number of urea groups is 1. The van der Waals surface area contributed by atoms with E-state index in [-0.39, 0.29) is 12.1 Å². The van der Waals surface area contributed by atoms with E-state index in [1.807, 2.05) is 24.3 Å². The maximum atomic E-state index is 12.3. The largest absolute Gasteiger partial charge is 0.380 e. The first-order valence-corrected chi connectivity index (χ1v) is 10.0. The van der Waals surface area contributed by atoms with Gasteiger partial charge in [0, 0.05) is 25.1 Å². The molecule has 1 aromatic carbocycles. The molecule has 2 N–H and O–H groups in total. The Morgan fingerprint density at radius 1 is 1.15 bits per heavy atom. The molecule has 0 aliphatic carbocycles. The van der Waals surface area contributed by atoms with E-state index >= 15 is 0 Å². The second kappa shape index (κ2) is 9.71. The summed E-state index contributed by atoms with van der Waals surface area (Å²) in [4.78, 5) is 16.1. The van der Waals surface area contributed by atoms with Crippen molar-refractivity contribution in [1.82, 2.24) is 15.5 Å². The summed E-state index contributed by atoms with van der Waals surface area (Å²) < 4.78 is 5.22. The molecule has 26 heavy (non-hydrogen) atoms. The summed E-state index contributed by atoms with van der Waals surface area (Å²) >= 11 is 1.76. The summed E-state index contributed by atoms with van der Waals surface area (Å²) in [6, 6.07) is 12.4. The van der Waals surface area contributed by atoms with Gasteiger partial charge in [-0.3, -0.25) is 4.90 Å². The number of ether oxygens (including phenoxy) is 1. The van der Waals surface area contributed by atoms with Gasteiger partial charge in [0.25, 0.3) is 0 Å². The Hall–Kier alpha value is -1.89. The van der Waals surface area contributed by atoms with Gasteiger partial charge in [-0.25, -0.2) is 4.79 Å². The van der Waals surface area contributed by atoms with E-state index in [0.717, 1.165) is 24.2 Å². The van der Waals surface area contributed by atoms with Crippen molar-refractivity contribution in [2.75, 3.05) is 26.7 Å². The maximum absolute atomic E-state index is 12.3. The fourth-order valence-electron chi connectivity index (χ4n) is 3.40. The average molecular weight is 374 g/mol. The van der Waals surface area contributed by atoms with Crippen LogP contribution in [0, 0.1) is 0 Å². The van der Waals surface area contributed by atoms with Gasteiger partial charge in [0.1, 0.15) is 0 Å². The van der Waals surface area contributed by atoms with Gasteiger partial charge in [-0.1, -0.05) is 30.3 Å². The molecule has 1 aliphatic rings. The number of nitrogens with one attached hydrogen (secondary N) is 2. The zero-order valence-corrected chi connectivity index (χ0v) is 16.1. The number of rotatable bonds is 8. The Balaban J connectivity index is 1.52. The zero-order chi connectivity index (χ0) is 18.2. The van der Waals surface area contributed by atoms with E-state index in [9.17, 15) is 4.79 Å². The van der Waals surface area contributed by atoms with Crippen LogP contribution in [-0.4, -0.2) is 37.7 Å². The third-order valence-electron chi connectivity index (χ3n) is 4.77. The summed E-state index contributed by atoms with van der Waals surface area (Å²) in [7, 11) is 1.68. The van der Waals surface area contributed by atoms with Crippen LogP contribution in [-0.2, 0) is 17.9 Å². The minimum Gasteiger partial charge on any atom is -0.380 e. The molecule has 0 saturated carbocycles. The number of benzene rings is 1. The third-order valence-corrected chi connectivity index (χ3v) is 5.74. The molecule has 5 nitrogen and oxygen atoms in total. The second-order valence-corrected chi connectivity index (χ2v) is 7.52. The van der Waals surface area contributed by atoms with Crippen molar-refractivity contribution in [3.05, 3.63) is 57.8 Å². The lowest BCUT2D eigenvalue weighted by Crippen LogP contribution is -2.41. The summed E-state index contributed by atoms with van der Waals surface area (Å²) in [5.74, 6) is 0. The van der Waals surface area contributed by atoms with Crippen molar-refractivity contribution in [3.8, 4) is 0 Å². The van der Waals surface area contributed by atoms with E-state index < -0.39 is 0 Å². The average Bonchev–Trinajstić information content (AvgIpc) is 3.36. The minimum absolute atomic E-state index is 0.127. The summed E-state index contributed by atoms with van der Waals surface area (Å²) in [6.07, 6.45) is 2.48. The van der Waals surface area contributed by atoms with Crippen molar-refractivity contribution in [1.29, 1.82) is 0 Å². The van der Waals surface area contributed by atoms with Crippen molar-refractivity contribution in [2.24, 2.45) is 0 Å². The second-order valence-electron chi connectivity index (χ2n) is 6.54. The minimum atomic E-state index is -0.127. The molecule has 1 saturated heterocycles. The summed E-state index contributed by atoms with van der Waals surface area (Å²) in [6.45, 7) is 3.90. The number of carbonyl (C=O) groups excluding carboxylic acids is 1. The number of likely N-dealkylation sites (tertiary alicyclic amines) is 1. The van der Waals surface area contributed by atoms with Crippen molar-refractivity contribution >= 4 is 17.4 Å². The fourth-order valence-corrected chi connectivity index (χ4v) is 4.26. The molecule has 6 heteroatoms. The van der Waals surface area contributed by atoms with Gasteiger partial charge < -0.3 is 15.4 Å². The standard InChI is InChI=1S/C20H27N3O2S/c1-25-15-17-8-3-2-7-16(17)13-21-20(24)22-14-18(19-9-6-12-26-19)23-10-4-5-11-23/h2-3,6-9,12,18H,4-5,10-11,13-15H2,1H3,(H2,21,22,24)/t18-/m1/s1. The molecule has 0 radical (unpaired) electrons. The van der Waals surface area contributed by atoms with Gasteiger partial charge in [-0.05, 0) is 48.5 Å². The fraction of sp³-hybridized carbons (Fsp3) is 0.450. The van der Waals surface area contributed by atoms with Crippen LogP contribution in [0.4, 0.5) is 4.79 Å². The predicted octanol–water partition coefficient (Wildman–Crippen LogP) is 3.53. The van der Waals surface area contributed by atoms with Gasteiger partial charge in [-0.2, -0.15) is 0 Å². The highest BCUT2D eigenvalue weighted by atomic mass is 32.1. The van der Waals surface area contributed by atoms with Crippen molar-refractivity contribution in [3.63, 3.8) is 0 Å². The number of hydrogen-bond donors (Lipinski definition) is 2. The molecule has 2 heterocycles. The van der Waals surface area contributed by atoms with Gasteiger partial charge in [0.2, 0.25) is 0 Å². The summed E-state index contributed by atoms with van der Waals surface area (Å²) in [5.41, 5.74) is 2.18. The number of hydrogen-bond acceptors (Lipinski definition) is 4. The molecule has 0 bridgehead atoms. The lowest BCUT2D eigenvalue weighted by atomic mass is 10.1. The molecular formula is C20H27N3O2S. The Morgan fingerprint density at radius 3 is 2.62 bits per heavy atom. The Kier molecular flexibility index (Phi) is 7.05. The van der Waals surface area contributed by atoms with Crippen LogP contribution >= 0.6 is 11.3 Å². The first kappa shape index (κ1) is 18.9. The van der Waals surface area contributed by atoms with Crippen molar-refractivity contribution in [2.45, 2.75) is 32.0 Å². The van der Waals surface area contributed by atoms with Crippen LogP contribution in [0.3, 0.4) is 0 Å². The third kappa shape index (κ3) is 5.06. The molecule has 2 aromatic rings. The molecule has 1 aromatic heterocycles.